The van der Waals surface area contributed by atoms with Gasteiger partial charge in [0.1, 0.15) is 0 Å². The molecule has 2 heterocycles. The Morgan fingerprint density at radius 2 is 1.92 bits per heavy atom. The summed E-state index contributed by atoms with van der Waals surface area (Å²) in [5, 5.41) is 4.96. The summed E-state index contributed by atoms with van der Waals surface area (Å²) >= 11 is 7.36. The van der Waals surface area contributed by atoms with Gasteiger partial charge in [0.15, 0.2) is 5.82 Å². The van der Waals surface area contributed by atoms with E-state index in [9.17, 15) is 4.79 Å². The Kier molecular flexibility index (Phi) is 4.34. The Morgan fingerprint density at radius 1 is 1.15 bits per heavy atom. The molecule has 0 aliphatic heterocycles. The molecule has 26 heavy (non-hydrogen) atoms. The molecule has 0 bridgehead atoms. The van der Waals surface area contributed by atoms with Crippen molar-refractivity contribution in [2.24, 2.45) is 0 Å². The summed E-state index contributed by atoms with van der Waals surface area (Å²) < 4.78 is 1.98. The first kappa shape index (κ1) is 16.9. The average molecular weight is 382 g/mol. The van der Waals surface area contributed by atoms with Crippen molar-refractivity contribution in [3.8, 4) is 11.4 Å². The van der Waals surface area contributed by atoms with E-state index >= 15 is 0 Å². The fourth-order valence-corrected chi connectivity index (χ4v) is 3.81. The number of aromatic nitrogens is 3. The Morgan fingerprint density at radius 3 is 2.58 bits per heavy atom. The van der Waals surface area contributed by atoms with Crippen molar-refractivity contribution in [2.45, 2.75) is 19.8 Å². The first-order valence-electron chi connectivity index (χ1n) is 8.28. The molecule has 4 aromatic rings. The van der Waals surface area contributed by atoms with Crippen molar-refractivity contribution in [1.29, 1.82) is 0 Å². The lowest BCUT2D eigenvalue weighted by atomic mass is 10.0. The van der Waals surface area contributed by atoms with Gasteiger partial charge in [-0.1, -0.05) is 73.2 Å². The second kappa shape index (κ2) is 6.67. The van der Waals surface area contributed by atoms with Crippen LogP contribution >= 0.6 is 22.9 Å². The zero-order chi connectivity index (χ0) is 18.3. The van der Waals surface area contributed by atoms with Gasteiger partial charge in [-0.2, -0.15) is 9.50 Å². The molecule has 0 fully saturated rings. The second-order valence-corrected chi connectivity index (χ2v) is 7.82. The van der Waals surface area contributed by atoms with Crippen LogP contribution in [0.1, 0.15) is 30.9 Å². The van der Waals surface area contributed by atoms with E-state index in [1.807, 2.05) is 30.3 Å². The minimum absolute atomic E-state index is 0.154. The first-order valence-corrected chi connectivity index (χ1v) is 9.48. The van der Waals surface area contributed by atoms with Crippen molar-refractivity contribution in [1.82, 2.24) is 14.6 Å². The molecule has 4 nitrogen and oxygen atoms in total. The number of hydrogen-bond acceptors (Lipinski definition) is 4. The van der Waals surface area contributed by atoms with Crippen LogP contribution < -0.4 is 10.1 Å². The van der Waals surface area contributed by atoms with E-state index in [1.165, 1.54) is 21.4 Å². The maximum atomic E-state index is 12.6. The van der Waals surface area contributed by atoms with Crippen LogP contribution in [0.5, 0.6) is 0 Å². The largest absolute Gasteiger partial charge is 0.291 e. The summed E-state index contributed by atoms with van der Waals surface area (Å²) in [7, 11) is 0. The predicted octanol–water partition coefficient (Wildman–Crippen LogP) is 4.14. The number of nitrogens with zero attached hydrogens (tertiary/aromatic N) is 3. The number of thiazole rings is 1. The van der Waals surface area contributed by atoms with E-state index in [4.69, 9.17) is 11.6 Å². The summed E-state index contributed by atoms with van der Waals surface area (Å²) in [6.07, 6.45) is 1.88. The van der Waals surface area contributed by atoms with Crippen molar-refractivity contribution >= 4 is 34.0 Å². The third-order valence-electron chi connectivity index (χ3n) is 4.17. The van der Waals surface area contributed by atoms with Gasteiger partial charge in [0, 0.05) is 10.6 Å². The van der Waals surface area contributed by atoms with E-state index in [2.05, 4.69) is 36.1 Å². The van der Waals surface area contributed by atoms with Gasteiger partial charge < -0.3 is 0 Å². The van der Waals surface area contributed by atoms with Crippen molar-refractivity contribution in [3.63, 3.8) is 0 Å². The van der Waals surface area contributed by atoms with Crippen LogP contribution in [0, 0.1) is 0 Å². The summed E-state index contributed by atoms with van der Waals surface area (Å²) in [6, 6.07) is 15.5. The Labute approximate surface area is 159 Å². The number of halogens is 1. The van der Waals surface area contributed by atoms with Crippen LogP contribution in [0.3, 0.4) is 0 Å². The van der Waals surface area contributed by atoms with Gasteiger partial charge in [-0.15, -0.1) is 5.10 Å². The minimum Gasteiger partial charge on any atom is -0.266 e. The van der Waals surface area contributed by atoms with Gasteiger partial charge in [-0.25, -0.2) is 0 Å². The van der Waals surface area contributed by atoms with Gasteiger partial charge in [-0.3, -0.25) is 4.79 Å². The Bertz CT molecular complexity index is 1190. The summed E-state index contributed by atoms with van der Waals surface area (Å²) in [6.45, 7) is 4.32. The SMILES string of the molecule is CC(C)c1ccc(/C=c2\sc3nc(-c4cccc(Cl)c4)nn3c2=O)cc1. The van der Waals surface area contributed by atoms with Crippen LogP contribution in [0.4, 0.5) is 0 Å². The molecule has 2 aromatic heterocycles. The highest BCUT2D eigenvalue weighted by Crippen LogP contribution is 2.20. The molecule has 0 spiro atoms. The van der Waals surface area contributed by atoms with Crippen LogP contribution in [-0.2, 0) is 0 Å². The molecule has 6 heteroatoms. The van der Waals surface area contributed by atoms with Crippen LogP contribution in [-0.4, -0.2) is 14.6 Å². The molecule has 0 unspecified atom stereocenters. The van der Waals surface area contributed by atoms with Crippen molar-refractivity contribution in [3.05, 3.63) is 79.6 Å². The molecule has 0 radical (unpaired) electrons. The lowest BCUT2D eigenvalue weighted by Crippen LogP contribution is -2.23. The topological polar surface area (TPSA) is 47.3 Å². The smallest absolute Gasteiger partial charge is 0.266 e. The van der Waals surface area contributed by atoms with Crippen molar-refractivity contribution in [2.75, 3.05) is 0 Å². The Hall–Kier alpha value is -2.50. The predicted molar refractivity (Wildman–Crippen MR) is 107 cm³/mol. The number of fused-ring (bicyclic) bond motifs is 1. The summed E-state index contributed by atoms with van der Waals surface area (Å²) in [5.41, 5.74) is 2.91. The van der Waals surface area contributed by atoms with Gasteiger partial charge in [0.25, 0.3) is 5.56 Å². The number of hydrogen-bond donors (Lipinski definition) is 0. The average Bonchev–Trinajstić information content (AvgIpc) is 3.16. The van der Waals surface area contributed by atoms with Gasteiger partial charge >= 0.3 is 0 Å². The van der Waals surface area contributed by atoms with Gasteiger partial charge in [-0.05, 0) is 35.3 Å². The molecular weight excluding hydrogens is 366 g/mol. The molecule has 130 valence electrons. The minimum atomic E-state index is -0.154. The maximum Gasteiger partial charge on any atom is 0.291 e. The lowest BCUT2D eigenvalue weighted by Gasteiger charge is -2.04. The lowest BCUT2D eigenvalue weighted by molar-refractivity contribution is 0.866. The molecular formula is C20H16ClN3OS. The highest BCUT2D eigenvalue weighted by molar-refractivity contribution is 7.15. The number of rotatable bonds is 3. The van der Waals surface area contributed by atoms with Crippen LogP contribution in [0.25, 0.3) is 22.4 Å². The molecule has 0 aliphatic rings. The third-order valence-corrected chi connectivity index (χ3v) is 5.36. The van der Waals surface area contributed by atoms with E-state index < -0.39 is 0 Å². The quantitative estimate of drug-likeness (QED) is 0.535. The molecule has 0 atom stereocenters. The monoisotopic (exact) mass is 381 g/mol. The number of benzene rings is 2. The van der Waals surface area contributed by atoms with Gasteiger partial charge in [0.2, 0.25) is 4.96 Å². The zero-order valence-corrected chi connectivity index (χ0v) is 15.9. The summed E-state index contributed by atoms with van der Waals surface area (Å²) in [5.74, 6) is 0.988. The molecule has 0 saturated carbocycles. The van der Waals surface area contributed by atoms with E-state index in [0.717, 1.165) is 11.1 Å². The highest BCUT2D eigenvalue weighted by atomic mass is 35.5. The van der Waals surface area contributed by atoms with Gasteiger partial charge in [0.05, 0.1) is 4.53 Å². The normalized spacial score (nSPS) is 12.4. The molecule has 0 saturated heterocycles. The Balaban J connectivity index is 1.75. The molecule has 0 aliphatic carbocycles. The fourth-order valence-electron chi connectivity index (χ4n) is 2.71. The van der Waals surface area contributed by atoms with E-state index in [1.54, 1.807) is 12.1 Å². The molecule has 4 rings (SSSR count). The first-order chi connectivity index (χ1) is 12.5. The maximum absolute atomic E-state index is 12.6. The third kappa shape index (κ3) is 3.16. The molecule has 0 amide bonds. The highest BCUT2D eigenvalue weighted by Gasteiger charge is 2.12. The fraction of sp³-hybridized carbons (Fsp3) is 0.150. The standard InChI is InChI=1S/C20H16ClN3OS/c1-12(2)14-8-6-13(7-9-14)10-17-19(25)24-20(26-17)22-18(23-24)15-4-3-5-16(21)11-15/h3-12H,1-2H3/b17-10-. The van der Waals surface area contributed by atoms with E-state index in [0.29, 0.717) is 26.3 Å². The molecule has 2 aromatic carbocycles. The second-order valence-electron chi connectivity index (χ2n) is 6.38. The zero-order valence-electron chi connectivity index (χ0n) is 14.3. The van der Waals surface area contributed by atoms with Crippen LogP contribution in [0.15, 0.2) is 53.3 Å². The molecule has 0 N–H and O–H groups in total. The van der Waals surface area contributed by atoms with Crippen LogP contribution in [0.2, 0.25) is 5.02 Å². The van der Waals surface area contributed by atoms with E-state index in [-0.39, 0.29) is 5.56 Å². The van der Waals surface area contributed by atoms with Crippen molar-refractivity contribution < 1.29 is 0 Å². The summed E-state index contributed by atoms with van der Waals surface area (Å²) in [4.78, 5) is 17.7.